The molecule has 120 valence electrons. The summed E-state index contributed by atoms with van der Waals surface area (Å²) in [4.78, 5) is 19.1. The van der Waals surface area contributed by atoms with Gasteiger partial charge >= 0.3 is 5.97 Å². The lowest BCUT2D eigenvalue weighted by molar-refractivity contribution is -0.140. The van der Waals surface area contributed by atoms with Crippen molar-refractivity contribution >= 4 is 35.2 Å². The lowest BCUT2D eigenvalue weighted by Crippen LogP contribution is -2.02. The molecule has 0 bridgehead atoms. The molecule has 0 aliphatic carbocycles. The first-order valence-electron chi connectivity index (χ1n) is 7.12. The van der Waals surface area contributed by atoms with E-state index in [0.717, 1.165) is 17.1 Å². The van der Waals surface area contributed by atoms with E-state index in [9.17, 15) is 4.79 Å². The van der Waals surface area contributed by atoms with Gasteiger partial charge in [-0.3, -0.25) is 9.79 Å². The zero-order valence-corrected chi connectivity index (χ0v) is 15.5. The number of hydrogen-bond donors (Lipinski definition) is 1. The summed E-state index contributed by atoms with van der Waals surface area (Å²) in [5.74, 6) is -0.176. The van der Waals surface area contributed by atoms with Gasteiger partial charge in [-0.25, -0.2) is 0 Å². The molecule has 0 fully saturated rings. The van der Waals surface area contributed by atoms with Crippen molar-refractivity contribution in [1.29, 1.82) is 0 Å². The molecule has 0 spiro atoms. The van der Waals surface area contributed by atoms with Gasteiger partial charge in [-0.1, -0.05) is 0 Å². The van der Waals surface area contributed by atoms with E-state index in [4.69, 9.17) is 4.74 Å². The van der Waals surface area contributed by atoms with E-state index in [0.29, 0.717) is 12.8 Å². The fraction of sp³-hybridized carbons (Fsp3) is 0.412. The third-order valence-corrected chi connectivity index (χ3v) is 4.09. The second-order valence-corrected chi connectivity index (χ2v) is 5.44. The molecule has 0 saturated carbocycles. The Morgan fingerprint density at radius 1 is 1.32 bits per heavy atom. The SMILES string of the molecule is Br.COC(=O)CCc1c(C)[nH]c(/C=C2\N=CC(C)=C2C)c1C. The molecule has 1 aliphatic heterocycles. The van der Waals surface area contributed by atoms with Gasteiger partial charge in [-0.15, -0.1) is 17.0 Å². The lowest BCUT2D eigenvalue weighted by atomic mass is 10.0. The van der Waals surface area contributed by atoms with Crippen molar-refractivity contribution in [3.63, 3.8) is 0 Å². The molecular weight excluding hydrogens is 344 g/mol. The number of allylic oxidation sites excluding steroid dienone is 2. The fourth-order valence-electron chi connectivity index (χ4n) is 2.51. The topological polar surface area (TPSA) is 54.5 Å². The summed E-state index contributed by atoms with van der Waals surface area (Å²) in [6, 6.07) is 0. The number of carbonyl (C=O) groups excluding carboxylic acids is 1. The van der Waals surface area contributed by atoms with E-state index in [1.165, 1.54) is 29.4 Å². The monoisotopic (exact) mass is 366 g/mol. The van der Waals surface area contributed by atoms with Crippen molar-refractivity contribution in [1.82, 2.24) is 4.98 Å². The molecule has 22 heavy (non-hydrogen) atoms. The summed E-state index contributed by atoms with van der Waals surface area (Å²) in [7, 11) is 1.42. The van der Waals surface area contributed by atoms with Crippen LogP contribution < -0.4 is 0 Å². The Kier molecular flexibility index (Phi) is 6.35. The molecule has 1 aliphatic rings. The number of carbonyl (C=O) groups is 1. The van der Waals surface area contributed by atoms with Crippen molar-refractivity contribution < 1.29 is 9.53 Å². The maximum atomic E-state index is 11.3. The number of H-pyrrole nitrogens is 1. The van der Waals surface area contributed by atoms with E-state index in [1.54, 1.807) is 0 Å². The van der Waals surface area contributed by atoms with E-state index in [-0.39, 0.29) is 23.0 Å². The smallest absolute Gasteiger partial charge is 0.305 e. The normalized spacial score (nSPS) is 15.4. The highest BCUT2D eigenvalue weighted by Gasteiger charge is 2.14. The molecule has 1 N–H and O–H groups in total. The summed E-state index contributed by atoms with van der Waals surface area (Å²) in [6.45, 7) is 8.26. The number of hydrogen-bond acceptors (Lipinski definition) is 3. The molecule has 0 radical (unpaired) electrons. The van der Waals surface area contributed by atoms with Crippen molar-refractivity contribution in [2.24, 2.45) is 4.99 Å². The molecule has 0 saturated heterocycles. The van der Waals surface area contributed by atoms with Crippen LogP contribution in [0.25, 0.3) is 6.08 Å². The van der Waals surface area contributed by atoms with Gasteiger partial charge in [-0.2, -0.15) is 0 Å². The van der Waals surface area contributed by atoms with Crippen LogP contribution in [0.3, 0.4) is 0 Å². The molecule has 5 heteroatoms. The Labute approximate surface area is 142 Å². The van der Waals surface area contributed by atoms with Crippen LogP contribution in [0.5, 0.6) is 0 Å². The number of aromatic nitrogens is 1. The number of rotatable bonds is 4. The van der Waals surface area contributed by atoms with Gasteiger partial charge in [-0.05, 0) is 62.5 Å². The number of nitrogens with zero attached hydrogens (tertiary/aromatic N) is 1. The number of esters is 1. The van der Waals surface area contributed by atoms with E-state index < -0.39 is 0 Å². The number of aromatic amines is 1. The number of methoxy groups -OCH3 is 1. The Bertz CT molecular complexity index is 666. The second-order valence-electron chi connectivity index (χ2n) is 5.44. The maximum absolute atomic E-state index is 11.3. The number of nitrogens with one attached hydrogen (secondary N) is 1. The van der Waals surface area contributed by atoms with Gasteiger partial charge in [0, 0.05) is 24.0 Å². The van der Waals surface area contributed by atoms with Gasteiger partial charge in [0.1, 0.15) is 0 Å². The van der Waals surface area contributed by atoms with Crippen LogP contribution >= 0.6 is 17.0 Å². The Morgan fingerprint density at radius 3 is 2.55 bits per heavy atom. The summed E-state index contributed by atoms with van der Waals surface area (Å²) in [5.41, 5.74) is 7.93. The third-order valence-electron chi connectivity index (χ3n) is 4.09. The minimum absolute atomic E-state index is 0. The summed E-state index contributed by atoms with van der Waals surface area (Å²) in [6.07, 6.45) is 5.07. The van der Waals surface area contributed by atoms with Gasteiger partial charge < -0.3 is 9.72 Å². The minimum atomic E-state index is -0.176. The zero-order valence-electron chi connectivity index (χ0n) is 13.7. The maximum Gasteiger partial charge on any atom is 0.305 e. The van der Waals surface area contributed by atoms with E-state index in [1.807, 2.05) is 13.1 Å². The number of aryl methyl sites for hydroxylation is 1. The Morgan fingerprint density at radius 2 is 2.00 bits per heavy atom. The molecule has 2 rings (SSSR count). The van der Waals surface area contributed by atoms with Gasteiger partial charge in [0.25, 0.3) is 0 Å². The van der Waals surface area contributed by atoms with Crippen LogP contribution in [0, 0.1) is 13.8 Å². The minimum Gasteiger partial charge on any atom is -0.469 e. The van der Waals surface area contributed by atoms with Crippen LogP contribution in [0.4, 0.5) is 0 Å². The van der Waals surface area contributed by atoms with Crippen molar-refractivity contribution in [3.8, 4) is 0 Å². The molecule has 0 atom stereocenters. The highest BCUT2D eigenvalue weighted by atomic mass is 79.9. The standard InChI is InChI=1S/C17H22N2O2.BrH/c1-10-9-18-15(11(10)2)8-16-12(3)14(13(4)19-16)6-7-17(20)21-5;/h8-9,19H,6-7H2,1-5H3;1H/b15-8-;. The van der Waals surface area contributed by atoms with Crippen molar-refractivity contribution in [3.05, 3.63) is 39.4 Å². The summed E-state index contributed by atoms with van der Waals surface area (Å²) < 4.78 is 4.71. The predicted octanol–water partition coefficient (Wildman–Crippen LogP) is 4.08. The first-order chi connectivity index (χ1) is 9.93. The Hall–Kier alpha value is -1.62. The average molecular weight is 367 g/mol. The molecule has 1 aromatic rings. The first kappa shape index (κ1) is 18.4. The third kappa shape index (κ3) is 3.77. The van der Waals surface area contributed by atoms with E-state index >= 15 is 0 Å². The predicted molar refractivity (Wildman–Crippen MR) is 95.8 cm³/mol. The number of ether oxygens (including phenoxy) is 1. The van der Waals surface area contributed by atoms with Gasteiger partial charge in [0.05, 0.1) is 12.8 Å². The fourth-order valence-corrected chi connectivity index (χ4v) is 2.51. The highest BCUT2D eigenvalue weighted by molar-refractivity contribution is 8.93. The number of aliphatic imine (C=N–C) groups is 1. The van der Waals surface area contributed by atoms with Crippen molar-refractivity contribution in [2.45, 2.75) is 40.5 Å². The van der Waals surface area contributed by atoms with Gasteiger partial charge in [0.2, 0.25) is 0 Å². The molecule has 4 nitrogen and oxygen atoms in total. The van der Waals surface area contributed by atoms with Crippen LogP contribution in [-0.2, 0) is 16.0 Å². The molecule has 2 heterocycles. The average Bonchev–Trinajstić information content (AvgIpc) is 2.91. The lowest BCUT2D eigenvalue weighted by Gasteiger charge is -2.02. The molecule has 0 amide bonds. The van der Waals surface area contributed by atoms with Crippen LogP contribution in [0.15, 0.2) is 21.8 Å². The summed E-state index contributed by atoms with van der Waals surface area (Å²) >= 11 is 0. The Balaban J connectivity index is 0.00000242. The van der Waals surface area contributed by atoms with Crippen LogP contribution in [0.2, 0.25) is 0 Å². The number of halogens is 1. The largest absolute Gasteiger partial charge is 0.469 e. The molecule has 1 aromatic heterocycles. The van der Waals surface area contributed by atoms with E-state index in [2.05, 4.69) is 36.8 Å². The van der Waals surface area contributed by atoms with Crippen molar-refractivity contribution in [2.75, 3.05) is 7.11 Å². The van der Waals surface area contributed by atoms with Crippen LogP contribution in [0.1, 0.15) is 42.8 Å². The highest BCUT2D eigenvalue weighted by Crippen LogP contribution is 2.26. The zero-order chi connectivity index (χ0) is 15.6. The van der Waals surface area contributed by atoms with Gasteiger partial charge in [0.15, 0.2) is 0 Å². The molecular formula is C17H23BrN2O2. The van der Waals surface area contributed by atoms with Crippen LogP contribution in [-0.4, -0.2) is 24.3 Å². The molecule has 0 aromatic carbocycles. The quantitative estimate of drug-likeness (QED) is 0.816. The summed E-state index contributed by atoms with van der Waals surface area (Å²) in [5, 5.41) is 0. The first-order valence-corrected chi connectivity index (χ1v) is 7.12. The second kappa shape index (κ2) is 7.58. The molecule has 0 unspecified atom stereocenters.